The first-order valence-corrected chi connectivity index (χ1v) is 6.99. The van der Waals surface area contributed by atoms with Crippen molar-refractivity contribution >= 4 is 0 Å². The van der Waals surface area contributed by atoms with Gasteiger partial charge in [0.2, 0.25) is 0 Å². The van der Waals surface area contributed by atoms with Crippen LogP contribution in [0.1, 0.15) is 58.3 Å². The van der Waals surface area contributed by atoms with E-state index in [4.69, 9.17) is 5.26 Å². The molecule has 1 rings (SSSR count). The van der Waals surface area contributed by atoms with Crippen LogP contribution in [0.5, 0.6) is 0 Å². The van der Waals surface area contributed by atoms with Crippen LogP contribution in [0.15, 0.2) is 6.07 Å². The second kappa shape index (κ2) is 6.58. The maximum absolute atomic E-state index is 8.96. The molecule has 0 aromatic carbocycles. The lowest BCUT2D eigenvalue weighted by Gasteiger charge is -2.14. The Morgan fingerprint density at radius 3 is 2.56 bits per heavy atom. The average Bonchev–Trinajstić information content (AvgIpc) is 2.77. The summed E-state index contributed by atoms with van der Waals surface area (Å²) in [6.45, 7) is 9.30. The Morgan fingerprint density at radius 1 is 1.28 bits per heavy atom. The normalized spacial score (nSPS) is 11.5. The first kappa shape index (κ1) is 14.8. The van der Waals surface area contributed by atoms with Gasteiger partial charge in [0.1, 0.15) is 0 Å². The third-order valence-corrected chi connectivity index (χ3v) is 3.36. The van der Waals surface area contributed by atoms with Crippen molar-refractivity contribution in [2.24, 2.45) is 5.41 Å². The van der Waals surface area contributed by atoms with E-state index >= 15 is 0 Å². The van der Waals surface area contributed by atoms with Crippen molar-refractivity contribution in [1.29, 1.82) is 5.26 Å². The highest BCUT2D eigenvalue weighted by Gasteiger charge is 2.15. The molecule has 0 saturated heterocycles. The Bertz CT molecular complexity index is 410. The third kappa shape index (κ3) is 4.18. The molecule has 0 N–H and O–H groups in total. The minimum absolute atomic E-state index is 0.188. The second-order valence-corrected chi connectivity index (χ2v) is 5.51. The first-order chi connectivity index (χ1) is 8.52. The summed E-state index contributed by atoms with van der Waals surface area (Å²) in [5.41, 5.74) is 2.32. The van der Waals surface area contributed by atoms with Crippen molar-refractivity contribution in [3.05, 3.63) is 17.5 Å². The number of hydrogen-bond acceptors (Lipinski definition) is 2. The predicted molar refractivity (Wildman–Crippen MR) is 74.2 cm³/mol. The Morgan fingerprint density at radius 2 is 2.00 bits per heavy atom. The minimum atomic E-state index is -0.188. The zero-order chi connectivity index (χ0) is 13.6. The van der Waals surface area contributed by atoms with Crippen molar-refractivity contribution in [2.75, 3.05) is 0 Å². The van der Waals surface area contributed by atoms with Crippen molar-refractivity contribution in [2.45, 2.75) is 66.3 Å². The van der Waals surface area contributed by atoms with Gasteiger partial charge in [-0.15, -0.1) is 0 Å². The van der Waals surface area contributed by atoms with Gasteiger partial charge in [0, 0.05) is 12.2 Å². The molecule has 0 aliphatic heterocycles. The average molecular weight is 247 g/mol. The van der Waals surface area contributed by atoms with Crippen LogP contribution in [0, 0.1) is 16.7 Å². The van der Waals surface area contributed by atoms with Crippen LogP contribution in [0.4, 0.5) is 0 Å². The Labute approximate surface area is 111 Å². The number of rotatable bonds is 7. The van der Waals surface area contributed by atoms with Gasteiger partial charge in [0.15, 0.2) is 0 Å². The molecule has 18 heavy (non-hydrogen) atoms. The molecule has 0 saturated carbocycles. The zero-order valence-electron chi connectivity index (χ0n) is 12.2. The fourth-order valence-electron chi connectivity index (χ4n) is 2.05. The maximum atomic E-state index is 8.96. The van der Waals surface area contributed by atoms with E-state index in [9.17, 15) is 0 Å². The summed E-state index contributed by atoms with van der Waals surface area (Å²) in [4.78, 5) is 0. The number of unbranched alkanes of at least 4 members (excludes halogenated alkanes) is 1. The van der Waals surface area contributed by atoms with Gasteiger partial charge in [-0.05, 0) is 45.6 Å². The van der Waals surface area contributed by atoms with E-state index in [1.807, 2.05) is 13.8 Å². The van der Waals surface area contributed by atoms with Crippen LogP contribution >= 0.6 is 0 Å². The second-order valence-electron chi connectivity index (χ2n) is 5.51. The molecule has 1 aromatic rings. The molecule has 0 unspecified atom stereocenters. The first-order valence-electron chi connectivity index (χ1n) is 6.99. The molecule has 0 aliphatic rings. The van der Waals surface area contributed by atoms with Gasteiger partial charge in [-0.1, -0.05) is 20.3 Å². The summed E-state index contributed by atoms with van der Waals surface area (Å²) >= 11 is 0. The molecule has 3 heteroatoms. The summed E-state index contributed by atoms with van der Waals surface area (Å²) in [5.74, 6) is 0. The van der Waals surface area contributed by atoms with Gasteiger partial charge in [-0.25, -0.2) is 0 Å². The van der Waals surface area contributed by atoms with Gasteiger partial charge in [0.05, 0.1) is 17.2 Å². The van der Waals surface area contributed by atoms with Crippen molar-refractivity contribution < 1.29 is 0 Å². The molecule has 100 valence electrons. The van der Waals surface area contributed by atoms with E-state index in [2.05, 4.69) is 35.8 Å². The van der Waals surface area contributed by atoms with Gasteiger partial charge in [0.25, 0.3) is 0 Å². The van der Waals surface area contributed by atoms with E-state index in [0.717, 1.165) is 38.6 Å². The number of nitrogens with zero attached hydrogens (tertiary/aromatic N) is 3. The topological polar surface area (TPSA) is 41.6 Å². The summed E-state index contributed by atoms with van der Waals surface area (Å²) in [7, 11) is 0. The number of nitriles is 1. The van der Waals surface area contributed by atoms with Crippen LogP contribution in [0.2, 0.25) is 0 Å². The Hall–Kier alpha value is -1.30. The molecular weight excluding hydrogens is 222 g/mol. The molecule has 0 bridgehead atoms. The van der Waals surface area contributed by atoms with Crippen LogP contribution in [0.25, 0.3) is 0 Å². The number of aryl methyl sites for hydroxylation is 3. The lowest BCUT2D eigenvalue weighted by atomic mass is 9.89. The lowest BCUT2D eigenvalue weighted by Crippen LogP contribution is -2.09. The number of aromatic nitrogens is 2. The van der Waals surface area contributed by atoms with E-state index in [1.165, 1.54) is 11.4 Å². The standard InChI is InChI=1S/C15H25N3/c1-5-13-11-14(6-2)18(17-13)10-8-7-9-15(3,4)12-16/h11H,5-10H2,1-4H3. The van der Waals surface area contributed by atoms with Crippen molar-refractivity contribution in [1.82, 2.24) is 9.78 Å². The smallest absolute Gasteiger partial charge is 0.0683 e. The largest absolute Gasteiger partial charge is 0.269 e. The maximum Gasteiger partial charge on any atom is 0.0683 e. The van der Waals surface area contributed by atoms with Crippen LogP contribution in [-0.2, 0) is 19.4 Å². The summed E-state index contributed by atoms with van der Waals surface area (Å²) in [6.07, 6.45) is 5.19. The predicted octanol–water partition coefficient (Wildman–Crippen LogP) is 3.73. The highest BCUT2D eigenvalue weighted by atomic mass is 15.3. The lowest BCUT2D eigenvalue weighted by molar-refractivity contribution is 0.409. The monoisotopic (exact) mass is 247 g/mol. The van der Waals surface area contributed by atoms with Crippen LogP contribution in [0.3, 0.4) is 0 Å². The van der Waals surface area contributed by atoms with Crippen LogP contribution < -0.4 is 0 Å². The molecule has 0 radical (unpaired) electrons. The molecule has 0 aliphatic carbocycles. The zero-order valence-corrected chi connectivity index (χ0v) is 12.2. The van der Waals surface area contributed by atoms with Crippen molar-refractivity contribution in [3.8, 4) is 6.07 Å². The molecule has 1 aromatic heterocycles. The van der Waals surface area contributed by atoms with Gasteiger partial charge < -0.3 is 0 Å². The molecule has 0 fully saturated rings. The molecule has 0 atom stereocenters. The fraction of sp³-hybridized carbons (Fsp3) is 0.733. The quantitative estimate of drug-likeness (QED) is 0.689. The van der Waals surface area contributed by atoms with E-state index in [-0.39, 0.29) is 5.41 Å². The molecule has 1 heterocycles. The minimum Gasteiger partial charge on any atom is -0.269 e. The highest BCUT2D eigenvalue weighted by Crippen LogP contribution is 2.22. The summed E-state index contributed by atoms with van der Waals surface area (Å²) in [6, 6.07) is 4.56. The third-order valence-electron chi connectivity index (χ3n) is 3.36. The van der Waals surface area contributed by atoms with E-state index < -0.39 is 0 Å². The summed E-state index contributed by atoms with van der Waals surface area (Å²) in [5, 5.41) is 13.6. The van der Waals surface area contributed by atoms with Gasteiger partial charge in [-0.2, -0.15) is 10.4 Å². The SMILES string of the molecule is CCc1cc(CC)n(CCCCC(C)(C)C#N)n1. The molecular formula is C15H25N3. The molecule has 3 nitrogen and oxygen atoms in total. The molecule has 0 amide bonds. The number of hydrogen-bond donors (Lipinski definition) is 0. The van der Waals surface area contributed by atoms with Crippen LogP contribution in [-0.4, -0.2) is 9.78 Å². The van der Waals surface area contributed by atoms with Gasteiger partial charge in [-0.3, -0.25) is 4.68 Å². The van der Waals surface area contributed by atoms with E-state index in [0.29, 0.717) is 0 Å². The van der Waals surface area contributed by atoms with E-state index in [1.54, 1.807) is 0 Å². The Balaban J connectivity index is 2.44. The van der Waals surface area contributed by atoms with Crippen molar-refractivity contribution in [3.63, 3.8) is 0 Å². The highest BCUT2D eigenvalue weighted by molar-refractivity contribution is 5.10. The van der Waals surface area contributed by atoms with Gasteiger partial charge >= 0.3 is 0 Å². The fourth-order valence-corrected chi connectivity index (χ4v) is 2.05. The Kier molecular flexibility index (Phi) is 5.40. The molecule has 0 spiro atoms. The summed E-state index contributed by atoms with van der Waals surface area (Å²) < 4.78 is 2.14.